The normalized spacial score (nSPS) is 10.6. The summed E-state index contributed by atoms with van der Waals surface area (Å²) in [6.45, 7) is 2.03. The summed E-state index contributed by atoms with van der Waals surface area (Å²) in [4.78, 5) is 13.3. The minimum absolute atomic E-state index is 0.0478. The zero-order valence-corrected chi connectivity index (χ0v) is 15.2. The van der Waals surface area contributed by atoms with Gasteiger partial charge in [-0.05, 0) is 23.6 Å². The van der Waals surface area contributed by atoms with Crippen LogP contribution in [0.4, 0.5) is 0 Å². The Bertz CT molecular complexity index is 1060. The zero-order chi connectivity index (χ0) is 18.6. The van der Waals surface area contributed by atoms with E-state index in [1.807, 2.05) is 79.7 Å². The Morgan fingerprint density at radius 1 is 0.593 bits per heavy atom. The summed E-state index contributed by atoms with van der Waals surface area (Å²) in [5.41, 5.74) is 6.79. The molecule has 1 heteroatoms. The lowest BCUT2D eigenvalue weighted by Gasteiger charge is -2.15. The molecule has 0 aromatic heterocycles. The van der Waals surface area contributed by atoms with Gasteiger partial charge in [0.05, 0.1) is 0 Å². The first-order valence-corrected chi connectivity index (χ1v) is 9.09. The fraction of sp³-hybridized carbons (Fsp3) is 0.0385. The van der Waals surface area contributed by atoms with Gasteiger partial charge in [-0.1, -0.05) is 109 Å². The van der Waals surface area contributed by atoms with Gasteiger partial charge in [-0.3, -0.25) is 4.79 Å². The number of carbonyl (C=O) groups excluding carboxylic acids is 1. The van der Waals surface area contributed by atoms with Gasteiger partial charge in [-0.2, -0.15) is 0 Å². The van der Waals surface area contributed by atoms with Crippen LogP contribution in [0.25, 0.3) is 22.3 Å². The third kappa shape index (κ3) is 3.45. The predicted molar refractivity (Wildman–Crippen MR) is 112 cm³/mol. The Labute approximate surface area is 159 Å². The minimum Gasteiger partial charge on any atom is -0.289 e. The molecule has 0 radical (unpaired) electrons. The molecular formula is C26H20O. The molecule has 27 heavy (non-hydrogen) atoms. The zero-order valence-electron chi connectivity index (χ0n) is 15.2. The van der Waals surface area contributed by atoms with E-state index in [1.165, 1.54) is 0 Å². The van der Waals surface area contributed by atoms with Crippen molar-refractivity contribution in [3.8, 4) is 22.3 Å². The van der Waals surface area contributed by atoms with Crippen LogP contribution >= 0.6 is 0 Å². The van der Waals surface area contributed by atoms with Gasteiger partial charge in [0.15, 0.2) is 5.78 Å². The summed E-state index contributed by atoms with van der Waals surface area (Å²) in [6, 6.07) is 34.1. The van der Waals surface area contributed by atoms with Crippen LogP contribution in [0, 0.1) is 6.92 Å². The van der Waals surface area contributed by atoms with Crippen molar-refractivity contribution in [2.45, 2.75) is 6.92 Å². The van der Waals surface area contributed by atoms with Crippen molar-refractivity contribution in [3.05, 3.63) is 120 Å². The smallest absolute Gasteiger partial charge is 0.193 e. The second-order valence-electron chi connectivity index (χ2n) is 6.66. The predicted octanol–water partition coefficient (Wildman–Crippen LogP) is 6.56. The molecule has 0 spiro atoms. The van der Waals surface area contributed by atoms with E-state index in [1.54, 1.807) is 0 Å². The van der Waals surface area contributed by atoms with Crippen LogP contribution in [0.15, 0.2) is 103 Å². The van der Waals surface area contributed by atoms with Crippen molar-refractivity contribution in [3.63, 3.8) is 0 Å². The molecule has 0 aliphatic heterocycles. The van der Waals surface area contributed by atoms with Gasteiger partial charge in [-0.15, -0.1) is 0 Å². The maximum atomic E-state index is 13.3. The Hall–Kier alpha value is -3.45. The van der Waals surface area contributed by atoms with Gasteiger partial charge in [0.1, 0.15) is 0 Å². The largest absolute Gasteiger partial charge is 0.289 e. The number of aryl methyl sites for hydroxylation is 1. The van der Waals surface area contributed by atoms with Gasteiger partial charge >= 0.3 is 0 Å². The standard InChI is InChI=1S/C26H20O/c1-19-15-17-22(18-16-19)26(27)24-14-8-13-23(20-9-4-2-5-10-20)25(24)21-11-6-3-7-12-21/h2-18H,1H3. The molecule has 0 N–H and O–H groups in total. The number of carbonyl (C=O) groups is 1. The Balaban J connectivity index is 1.94. The Morgan fingerprint density at radius 3 is 1.81 bits per heavy atom. The van der Waals surface area contributed by atoms with Crippen LogP contribution in [0.5, 0.6) is 0 Å². The lowest BCUT2D eigenvalue weighted by Crippen LogP contribution is -2.05. The molecule has 4 rings (SSSR count). The first-order valence-electron chi connectivity index (χ1n) is 9.09. The molecule has 130 valence electrons. The molecule has 0 fully saturated rings. The quantitative estimate of drug-likeness (QED) is 0.382. The van der Waals surface area contributed by atoms with E-state index in [0.29, 0.717) is 5.56 Å². The number of hydrogen-bond donors (Lipinski definition) is 0. The number of benzene rings is 4. The number of hydrogen-bond acceptors (Lipinski definition) is 1. The monoisotopic (exact) mass is 348 g/mol. The molecule has 4 aromatic carbocycles. The van der Waals surface area contributed by atoms with Gasteiger partial charge in [0, 0.05) is 16.7 Å². The van der Waals surface area contributed by atoms with Gasteiger partial charge in [-0.25, -0.2) is 0 Å². The van der Waals surface area contributed by atoms with E-state index < -0.39 is 0 Å². The molecule has 4 aromatic rings. The maximum absolute atomic E-state index is 13.3. The van der Waals surface area contributed by atoms with Crippen molar-refractivity contribution in [1.29, 1.82) is 0 Å². The average molecular weight is 348 g/mol. The molecular weight excluding hydrogens is 328 g/mol. The van der Waals surface area contributed by atoms with E-state index in [9.17, 15) is 4.79 Å². The number of ketones is 1. The summed E-state index contributed by atoms with van der Waals surface area (Å²) in [5, 5.41) is 0. The molecule has 0 saturated carbocycles. The minimum atomic E-state index is 0.0478. The second kappa shape index (κ2) is 7.43. The van der Waals surface area contributed by atoms with Crippen LogP contribution in [0.3, 0.4) is 0 Å². The van der Waals surface area contributed by atoms with Crippen molar-refractivity contribution < 1.29 is 4.79 Å². The highest BCUT2D eigenvalue weighted by atomic mass is 16.1. The summed E-state index contributed by atoms with van der Waals surface area (Å²) >= 11 is 0. The molecule has 0 saturated heterocycles. The van der Waals surface area contributed by atoms with Crippen molar-refractivity contribution in [1.82, 2.24) is 0 Å². The van der Waals surface area contributed by atoms with Crippen LogP contribution in [0.2, 0.25) is 0 Å². The molecule has 1 nitrogen and oxygen atoms in total. The van der Waals surface area contributed by atoms with E-state index in [-0.39, 0.29) is 5.78 Å². The Morgan fingerprint density at radius 2 is 1.19 bits per heavy atom. The highest BCUT2D eigenvalue weighted by Gasteiger charge is 2.18. The highest BCUT2D eigenvalue weighted by Crippen LogP contribution is 2.36. The lowest BCUT2D eigenvalue weighted by molar-refractivity contribution is 0.103. The third-order valence-electron chi connectivity index (χ3n) is 4.77. The van der Waals surface area contributed by atoms with Crippen LogP contribution in [-0.2, 0) is 0 Å². The van der Waals surface area contributed by atoms with Gasteiger partial charge in [0.25, 0.3) is 0 Å². The van der Waals surface area contributed by atoms with Crippen LogP contribution < -0.4 is 0 Å². The third-order valence-corrected chi connectivity index (χ3v) is 4.77. The first kappa shape index (κ1) is 17.0. The van der Waals surface area contributed by atoms with Crippen LogP contribution in [-0.4, -0.2) is 5.78 Å². The fourth-order valence-corrected chi connectivity index (χ4v) is 3.38. The molecule has 0 bridgehead atoms. The summed E-state index contributed by atoms with van der Waals surface area (Å²) < 4.78 is 0. The fourth-order valence-electron chi connectivity index (χ4n) is 3.38. The first-order chi connectivity index (χ1) is 13.2. The topological polar surface area (TPSA) is 17.1 Å². The van der Waals surface area contributed by atoms with E-state index >= 15 is 0 Å². The SMILES string of the molecule is Cc1ccc(C(=O)c2cccc(-c3ccccc3)c2-c2ccccc2)cc1. The molecule has 0 aliphatic rings. The van der Waals surface area contributed by atoms with Crippen molar-refractivity contribution in [2.75, 3.05) is 0 Å². The molecule has 0 aliphatic carbocycles. The maximum Gasteiger partial charge on any atom is 0.193 e. The van der Waals surface area contributed by atoms with Crippen molar-refractivity contribution >= 4 is 5.78 Å². The average Bonchev–Trinajstić information content (AvgIpc) is 2.74. The highest BCUT2D eigenvalue weighted by molar-refractivity contribution is 6.14. The van der Waals surface area contributed by atoms with E-state index in [4.69, 9.17) is 0 Å². The molecule has 0 amide bonds. The van der Waals surface area contributed by atoms with Gasteiger partial charge < -0.3 is 0 Å². The summed E-state index contributed by atoms with van der Waals surface area (Å²) in [7, 11) is 0. The second-order valence-corrected chi connectivity index (χ2v) is 6.66. The van der Waals surface area contributed by atoms with Crippen molar-refractivity contribution in [2.24, 2.45) is 0 Å². The lowest BCUT2D eigenvalue weighted by atomic mass is 9.87. The van der Waals surface area contributed by atoms with Gasteiger partial charge in [0.2, 0.25) is 0 Å². The summed E-state index contributed by atoms with van der Waals surface area (Å²) in [6.07, 6.45) is 0. The summed E-state index contributed by atoms with van der Waals surface area (Å²) in [5.74, 6) is 0.0478. The molecule has 0 atom stereocenters. The van der Waals surface area contributed by atoms with E-state index in [0.717, 1.165) is 33.4 Å². The van der Waals surface area contributed by atoms with Crippen LogP contribution in [0.1, 0.15) is 21.5 Å². The number of rotatable bonds is 4. The molecule has 0 unspecified atom stereocenters. The van der Waals surface area contributed by atoms with E-state index in [2.05, 4.69) is 30.3 Å². The molecule has 0 heterocycles. The Kier molecular flexibility index (Phi) is 4.67.